The van der Waals surface area contributed by atoms with E-state index >= 15 is 0 Å². The Morgan fingerprint density at radius 2 is 1.54 bits per heavy atom. The second-order valence-corrected chi connectivity index (χ2v) is 5.73. The van der Waals surface area contributed by atoms with Crippen molar-refractivity contribution in [3.8, 4) is 0 Å². The summed E-state index contributed by atoms with van der Waals surface area (Å²) in [6.07, 6.45) is 4.34. The highest BCUT2D eigenvalue weighted by Gasteiger charge is 2.33. The van der Waals surface area contributed by atoms with Crippen LogP contribution in [0.25, 0.3) is 0 Å². The van der Waals surface area contributed by atoms with E-state index in [9.17, 15) is 4.79 Å². The minimum absolute atomic E-state index is 0.343. The second kappa shape index (κ2) is 8.25. The fourth-order valence-corrected chi connectivity index (χ4v) is 2.48. The first kappa shape index (κ1) is 17.7. The van der Waals surface area contributed by atoms with Crippen LogP contribution >= 0.6 is 0 Å². The van der Waals surface area contributed by atoms with E-state index in [1.54, 1.807) is 0 Å². The first-order chi connectivity index (χ1) is 11.6. The molecule has 0 bridgehead atoms. The molecule has 0 aliphatic rings. The van der Waals surface area contributed by atoms with Gasteiger partial charge in [0.25, 0.3) is 0 Å². The number of aliphatic imine (C=N–C) groups is 1. The average Bonchev–Trinajstić information content (AvgIpc) is 2.65. The number of ether oxygens (including phenoxy) is 1. The molecule has 0 saturated carbocycles. The maximum atomic E-state index is 12.4. The Labute approximate surface area is 143 Å². The fourth-order valence-electron chi connectivity index (χ4n) is 2.48. The zero-order chi connectivity index (χ0) is 17.4. The summed E-state index contributed by atoms with van der Waals surface area (Å²) in [5.41, 5.74) is 1.76. The second-order valence-electron chi connectivity index (χ2n) is 5.73. The zero-order valence-corrected chi connectivity index (χ0v) is 14.4. The molecule has 0 fully saturated rings. The lowest BCUT2D eigenvalue weighted by molar-refractivity contribution is -0.146. The number of rotatable bonds is 6. The first-order valence-electron chi connectivity index (χ1n) is 8.01. The third-order valence-corrected chi connectivity index (χ3v) is 3.83. The predicted octanol–water partition coefficient (Wildman–Crippen LogP) is 4.42. The van der Waals surface area contributed by atoms with Gasteiger partial charge < -0.3 is 4.74 Å². The number of hydrogen-bond acceptors (Lipinski definition) is 3. The van der Waals surface area contributed by atoms with E-state index in [1.165, 1.54) is 7.11 Å². The van der Waals surface area contributed by atoms with E-state index in [-0.39, 0.29) is 5.97 Å². The summed E-state index contributed by atoms with van der Waals surface area (Å²) in [6.45, 7) is 3.74. The van der Waals surface area contributed by atoms with Gasteiger partial charge in [-0.2, -0.15) is 0 Å². The van der Waals surface area contributed by atoms with Crippen LogP contribution < -0.4 is 0 Å². The van der Waals surface area contributed by atoms with Crippen LogP contribution in [0.2, 0.25) is 0 Å². The van der Waals surface area contributed by atoms with Gasteiger partial charge in [0.1, 0.15) is 0 Å². The number of esters is 1. The maximum Gasteiger partial charge on any atom is 0.333 e. The summed E-state index contributed by atoms with van der Waals surface area (Å²) in [5, 5.41) is 0. The highest BCUT2D eigenvalue weighted by Crippen LogP contribution is 2.22. The predicted molar refractivity (Wildman–Crippen MR) is 98.4 cm³/mol. The maximum absolute atomic E-state index is 12.4. The molecule has 0 aliphatic carbocycles. The SMILES string of the molecule is C/C=C/CC(C)(N=C(c1ccccc1)c1ccccc1)C(=O)OC. The van der Waals surface area contributed by atoms with Crippen LogP contribution in [0.3, 0.4) is 0 Å². The van der Waals surface area contributed by atoms with E-state index < -0.39 is 5.54 Å². The van der Waals surface area contributed by atoms with Gasteiger partial charge in [-0.25, -0.2) is 4.79 Å². The summed E-state index contributed by atoms with van der Waals surface area (Å²) in [6, 6.07) is 19.8. The molecule has 2 aromatic rings. The van der Waals surface area contributed by atoms with Crippen molar-refractivity contribution in [2.75, 3.05) is 7.11 Å². The van der Waals surface area contributed by atoms with E-state index in [4.69, 9.17) is 9.73 Å². The quantitative estimate of drug-likeness (QED) is 0.449. The van der Waals surface area contributed by atoms with Crippen molar-refractivity contribution in [1.29, 1.82) is 0 Å². The number of hydrogen-bond donors (Lipinski definition) is 0. The molecule has 0 amide bonds. The largest absolute Gasteiger partial charge is 0.467 e. The van der Waals surface area contributed by atoms with Gasteiger partial charge in [-0.1, -0.05) is 72.8 Å². The molecule has 24 heavy (non-hydrogen) atoms. The van der Waals surface area contributed by atoms with E-state index in [2.05, 4.69) is 0 Å². The van der Waals surface area contributed by atoms with Gasteiger partial charge in [-0.05, 0) is 13.8 Å². The lowest BCUT2D eigenvalue weighted by Crippen LogP contribution is -2.35. The molecule has 3 heteroatoms. The minimum atomic E-state index is -0.970. The molecule has 2 aromatic carbocycles. The number of carbonyl (C=O) groups excluding carboxylic acids is 1. The molecule has 3 nitrogen and oxygen atoms in total. The van der Waals surface area contributed by atoms with Gasteiger partial charge >= 0.3 is 5.97 Å². The minimum Gasteiger partial charge on any atom is -0.467 e. The third kappa shape index (κ3) is 4.19. The van der Waals surface area contributed by atoms with Gasteiger partial charge in [0.05, 0.1) is 12.8 Å². The van der Waals surface area contributed by atoms with Crippen LogP contribution in [0.5, 0.6) is 0 Å². The fraction of sp³-hybridized carbons (Fsp3) is 0.238. The Morgan fingerprint density at radius 3 is 1.96 bits per heavy atom. The van der Waals surface area contributed by atoms with Gasteiger partial charge in [-0.15, -0.1) is 0 Å². The van der Waals surface area contributed by atoms with Crippen molar-refractivity contribution in [2.45, 2.75) is 25.8 Å². The Morgan fingerprint density at radius 1 is 1.04 bits per heavy atom. The Bertz CT molecular complexity index is 679. The molecule has 0 N–H and O–H groups in total. The van der Waals surface area contributed by atoms with Crippen molar-refractivity contribution in [1.82, 2.24) is 0 Å². The van der Waals surface area contributed by atoms with Crippen LogP contribution in [-0.2, 0) is 9.53 Å². The van der Waals surface area contributed by atoms with E-state index in [0.29, 0.717) is 6.42 Å². The van der Waals surface area contributed by atoms with Crippen molar-refractivity contribution >= 4 is 11.7 Å². The smallest absolute Gasteiger partial charge is 0.333 e. The van der Waals surface area contributed by atoms with E-state index in [0.717, 1.165) is 16.8 Å². The molecule has 2 rings (SSSR count). The summed E-state index contributed by atoms with van der Waals surface area (Å²) < 4.78 is 5.01. The monoisotopic (exact) mass is 321 g/mol. The third-order valence-electron chi connectivity index (χ3n) is 3.83. The van der Waals surface area contributed by atoms with Crippen LogP contribution in [-0.4, -0.2) is 24.3 Å². The Hall–Kier alpha value is -2.68. The van der Waals surface area contributed by atoms with Gasteiger partial charge in [0.15, 0.2) is 5.54 Å². The average molecular weight is 321 g/mol. The standard InChI is InChI=1S/C21H23NO2/c1-4-5-16-21(2,20(23)24-3)22-19(17-12-8-6-9-13-17)18-14-10-7-11-15-18/h4-15H,16H2,1-3H3/b5-4+. The lowest BCUT2D eigenvalue weighted by Gasteiger charge is -2.23. The molecule has 0 heterocycles. The molecule has 0 radical (unpaired) electrons. The number of allylic oxidation sites excluding steroid dienone is 1. The lowest BCUT2D eigenvalue weighted by atomic mass is 9.95. The Kier molecular flexibility index (Phi) is 6.07. The topological polar surface area (TPSA) is 38.7 Å². The van der Waals surface area contributed by atoms with Crippen molar-refractivity contribution < 1.29 is 9.53 Å². The van der Waals surface area contributed by atoms with Crippen molar-refractivity contribution in [3.05, 3.63) is 83.9 Å². The molecule has 1 atom stereocenters. The normalized spacial score (nSPS) is 13.3. The summed E-state index contributed by atoms with van der Waals surface area (Å²) in [5.74, 6) is -0.343. The molecule has 0 saturated heterocycles. The zero-order valence-electron chi connectivity index (χ0n) is 14.4. The van der Waals surface area contributed by atoms with Crippen molar-refractivity contribution in [3.63, 3.8) is 0 Å². The first-order valence-corrected chi connectivity index (χ1v) is 8.01. The molecule has 124 valence electrons. The number of carbonyl (C=O) groups is 1. The summed E-state index contributed by atoms with van der Waals surface area (Å²) in [4.78, 5) is 17.2. The highest BCUT2D eigenvalue weighted by atomic mass is 16.5. The van der Waals surface area contributed by atoms with Crippen LogP contribution in [0.15, 0.2) is 77.8 Å². The number of methoxy groups -OCH3 is 1. The molecule has 1 unspecified atom stereocenters. The number of benzene rings is 2. The highest BCUT2D eigenvalue weighted by molar-refractivity contribution is 6.13. The molecule has 0 spiro atoms. The van der Waals surface area contributed by atoms with Gasteiger partial charge in [-0.3, -0.25) is 4.99 Å². The summed E-state index contributed by atoms with van der Waals surface area (Å²) in [7, 11) is 1.40. The van der Waals surface area contributed by atoms with Gasteiger partial charge in [0, 0.05) is 17.5 Å². The molecular weight excluding hydrogens is 298 g/mol. The molecule has 0 aliphatic heterocycles. The number of nitrogens with zero attached hydrogens (tertiary/aromatic N) is 1. The van der Waals surface area contributed by atoms with Gasteiger partial charge in [0.2, 0.25) is 0 Å². The Balaban J connectivity index is 2.59. The molecule has 0 aromatic heterocycles. The summed E-state index contributed by atoms with van der Waals surface area (Å²) >= 11 is 0. The van der Waals surface area contributed by atoms with Crippen LogP contribution in [0, 0.1) is 0 Å². The van der Waals surface area contributed by atoms with E-state index in [1.807, 2.05) is 86.7 Å². The van der Waals surface area contributed by atoms with Crippen molar-refractivity contribution in [2.24, 2.45) is 4.99 Å². The van der Waals surface area contributed by atoms with Crippen LogP contribution in [0.1, 0.15) is 31.4 Å². The molecular formula is C21H23NO2. The van der Waals surface area contributed by atoms with Crippen LogP contribution in [0.4, 0.5) is 0 Å².